The lowest BCUT2D eigenvalue weighted by atomic mass is 9.77. The molecule has 2 saturated heterocycles. The van der Waals surface area contributed by atoms with E-state index in [1.807, 2.05) is 0 Å². The molecule has 0 aliphatic carbocycles. The normalized spacial score (nSPS) is 40.6. The Morgan fingerprint density at radius 2 is 2.12 bits per heavy atom. The van der Waals surface area contributed by atoms with E-state index in [9.17, 15) is 4.79 Å². The predicted octanol–water partition coefficient (Wildman–Crippen LogP) is 1.11. The Morgan fingerprint density at radius 3 is 2.81 bits per heavy atom. The van der Waals surface area contributed by atoms with Crippen molar-refractivity contribution in [2.75, 3.05) is 19.7 Å². The highest BCUT2D eigenvalue weighted by molar-refractivity contribution is 5.70. The molecule has 0 spiro atoms. The van der Waals surface area contributed by atoms with Gasteiger partial charge in [0.05, 0.1) is 12.0 Å². The van der Waals surface area contributed by atoms with E-state index in [0.29, 0.717) is 24.5 Å². The highest BCUT2D eigenvalue weighted by Crippen LogP contribution is 2.32. The number of carboxylic acid groups (broad SMARTS) is 1. The smallest absolute Gasteiger partial charge is 0.307 e. The molecule has 0 amide bonds. The van der Waals surface area contributed by atoms with Crippen molar-refractivity contribution in [2.24, 2.45) is 17.8 Å². The van der Waals surface area contributed by atoms with Crippen molar-refractivity contribution in [3.8, 4) is 0 Å². The Balaban J connectivity index is 1.90. The van der Waals surface area contributed by atoms with Crippen molar-refractivity contribution in [2.45, 2.75) is 32.3 Å². The molecule has 0 aromatic rings. The molecule has 4 atom stereocenters. The second-order valence-electron chi connectivity index (χ2n) is 5.16. The lowest BCUT2D eigenvalue weighted by Gasteiger charge is -2.37. The molecule has 0 radical (unpaired) electrons. The molecule has 0 aromatic heterocycles. The third-order valence-electron chi connectivity index (χ3n) is 3.93. The molecule has 2 aliphatic rings. The third-order valence-corrected chi connectivity index (χ3v) is 3.93. The van der Waals surface area contributed by atoms with Crippen LogP contribution in [0.4, 0.5) is 0 Å². The number of ether oxygens (including phenoxy) is 1. The molecular weight excluding hydrogens is 206 g/mol. The zero-order valence-corrected chi connectivity index (χ0v) is 9.82. The highest BCUT2D eigenvalue weighted by Gasteiger charge is 2.33. The largest absolute Gasteiger partial charge is 0.481 e. The molecule has 2 fully saturated rings. The van der Waals surface area contributed by atoms with Gasteiger partial charge < -0.3 is 15.2 Å². The van der Waals surface area contributed by atoms with Gasteiger partial charge in [0.15, 0.2) is 0 Å². The van der Waals surface area contributed by atoms with Crippen LogP contribution in [0.15, 0.2) is 0 Å². The zero-order chi connectivity index (χ0) is 11.5. The maximum Gasteiger partial charge on any atom is 0.307 e. The molecule has 0 aromatic carbocycles. The van der Waals surface area contributed by atoms with Crippen LogP contribution in [0.5, 0.6) is 0 Å². The predicted molar refractivity (Wildman–Crippen MR) is 60.2 cm³/mol. The van der Waals surface area contributed by atoms with Gasteiger partial charge in [-0.2, -0.15) is 0 Å². The zero-order valence-electron chi connectivity index (χ0n) is 9.82. The number of hydrogen-bond acceptors (Lipinski definition) is 3. The third kappa shape index (κ3) is 2.74. The van der Waals surface area contributed by atoms with Crippen LogP contribution >= 0.6 is 0 Å². The van der Waals surface area contributed by atoms with Crippen molar-refractivity contribution in [3.63, 3.8) is 0 Å². The van der Waals surface area contributed by atoms with Crippen molar-refractivity contribution < 1.29 is 14.6 Å². The minimum atomic E-state index is -0.655. The van der Waals surface area contributed by atoms with E-state index in [2.05, 4.69) is 12.2 Å². The fourth-order valence-corrected chi connectivity index (χ4v) is 2.98. The summed E-state index contributed by atoms with van der Waals surface area (Å²) in [6.07, 6.45) is 3.34. The Labute approximate surface area is 96.4 Å². The first-order valence-electron chi connectivity index (χ1n) is 6.22. The molecule has 2 rings (SSSR count). The first-order valence-corrected chi connectivity index (χ1v) is 6.22. The Morgan fingerprint density at radius 1 is 1.31 bits per heavy atom. The summed E-state index contributed by atoms with van der Waals surface area (Å²) in [6.45, 7) is 4.54. The Kier molecular flexibility index (Phi) is 3.82. The van der Waals surface area contributed by atoms with Crippen LogP contribution in [0.1, 0.15) is 26.2 Å². The van der Waals surface area contributed by atoms with Crippen LogP contribution in [0.2, 0.25) is 0 Å². The summed E-state index contributed by atoms with van der Waals surface area (Å²) in [5, 5.41) is 12.3. The lowest BCUT2D eigenvalue weighted by molar-refractivity contribution is -0.143. The van der Waals surface area contributed by atoms with E-state index >= 15 is 0 Å². The number of carboxylic acids is 1. The van der Waals surface area contributed by atoms with Gasteiger partial charge in [0.1, 0.15) is 0 Å². The van der Waals surface area contributed by atoms with E-state index in [4.69, 9.17) is 9.84 Å². The van der Waals surface area contributed by atoms with Gasteiger partial charge in [0.2, 0.25) is 0 Å². The molecule has 0 saturated carbocycles. The van der Waals surface area contributed by atoms with Gasteiger partial charge in [0.25, 0.3) is 0 Å². The van der Waals surface area contributed by atoms with E-state index < -0.39 is 5.97 Å². The second kappa shape index (κ2) is 5.15. The summed E-state index contributed by atoms with van der Waals surface area (Å²) < 4.78 is 5.54. The number of hydrogen-bond donors (Lipinski definition) is 2. The van der Waals surface area contributed by atoms with Gasteiger partial charge in [0, 0.05) is 13.2 Å². The van der Waals surface area contributed by atoms with Gasteiger partial charge in [-0.25, -0.2) is 0 Å². The average Bonchev–Trinajstić information content (AvgIpc) is 2.29. The van der Waals surface area contributed by atoms with Crippen LogP contribution in [0.25, 0.3) is 0 Å². The van der Waals surface area contributed by atoms with E-state index in [1.165, 1.54) is 0 Å². The van der Waals surface area contributed by atoms with Crippen molar-refractivity contribution in [1.82, 2.24) is 5.32 Å². The molecule has 2 N–H and O–H groups in total. The van der Waals surface area contributed by atoms with Gasteiger partial charge in [-0.3, -0.25) is 4.79 Å². The summed E-state index contributed by atoms with van der Waals surface area (Å²) in [7, 11) is 0. The first-order chi connectivity index (χ1) is 7.66. The molecular formula is C12H21NO3. The van der Waals surface area contributed by atoms with Crippen LogP contribution in [-0.2, 0) is 9.53 Å². The summed E-state index contributed by atoms with van der Waals surface area (Å²) in [5.74, 6) is 0.300. The summed E-state index contributed by atoms with van der Waals surface area (Å²) in [5.41, 5.74) is 0. The SMILES string of the molecule is CC1CC(C2CNCC(C(=O)O)C2)CCO1. The monoisotopic (exact) mass is 227 g/mol. The molecule has 16 heavy (non-hydrogen) atoms. The molecule has 4 heteroatoms. The van der Waals surface area contributed by atoms with Gasteiger partial charge in [-0.1, -0.05) is 0 Å². The fraction of sp³-hybridized carbons (Fsp3) is 0.917. The first kappa shape index (κ1) is 11.9. The Bertz CT molecular complexity index is 257. The standard InChI is InChI=1S/C12H21NO3/c1-8-4-9(2-3-16-8)10-5-11(12(14)15)7-13-6-10/h8-11,13H,2-7H2,1H3,(H,14,15). The average molecular weight is 227 g/mol. The molecule has 2 heterocycles. The quantitative estimate of drug-likeness (QED) is 0.742. The topological polar surface area (TPSA) is 58.6 Å². The Hall–Kier alpha value is -0.610. The van der Waals surface area contributed by atoms with Crippen molar-refractivity contribution >= 4 is 5.97 Å². The van der Waals surface area contributed by atoms with E-state index in [0.717, 1.165) is 32.4 Å². The second-order valence-corrected chi connectivity index (χ2v) is 5.16. The van der Waals surface area contributed by atoms with Crippen LogP contribution in [0, 0.1) is 17.8 Å². The molecule has 4 nitrogen and oxygen atoms in total. The van der Waals surface area contributed by atoms with Gasteiger partial charge in [-0.05, 0) is 44.6 Å². The maximum absolute atomic E-state index is 11.0. The minimum absolute atomic E-state index is 0.197. The number of nitrogens with one attached hydrogen (secondary N) is 1. The lowest BCUT2D eigenvalue weighted by Crippen LogP contribution is -2.44. The van der Waals surface area contributed by atoms with Crippen LogP contribution in [-0.4, -0.2) is 36.9 Å². The van der Waals surface area contributed by atoms with Crippen molar-refractivity contribution in [3.05, 3.63) is 0 Å². The van der Waals surface area contributed by atoms with E-state index in [1.54, 1.807) is 0 Å². The molecule has 0 bridgehead atoms. The molecule has 4 unspecified atom stereocenters. The van der Waals surface area contributed by atoms with Crippen molar-refractivity contribution in [1.29, 1.82) is 0 Å². The number of carbonyl (C=O) groups is 1. The summed E-state index contributed by atoms with van der Waals surface area (Å²) in [4.78, 5) is 11.0. The van der Waals surface area contributed by atoms with Gasteiger partial charge >= 0.3 is 5.97 Å². The minimum Gasteiger partial charge on any atom is -0.481 e. The summed E-state index contributed by atoms with van der Waals surface area (Å²) in [6, 6.07) is 0. The van der Waals surface area contributed by atoms with Crippen LogP contribution in [0.3, 0.4) is 0 Å². The number of aliphatic carboxylic acids is 1. The maximum atomic E-state index is 11.0. The molecule has 92 valence electrons. The fourth-order valence-electron chi connectivity index (χ4n) is 2.98. The van der Waals surface area contributed by atoms with E-state index in [-0.39, 0.29) is 5.92 Å². The summed E-state index contributed by atoms with van der Waals surface area (Å²) >= 11 is 0. The number of rotatable bonds is 2. The van der Waals surface area contributed by atoms with Crippen LogP contribution < -0.4 is 5.32 Å². The highest BCUT2D eigenvalue weighted by atomic mass is 16.5. The molecule has 2 aliphatic heterocycles. The van der Waals surface area contributed by atoms with Gasteiger partial charge in [-0.15, -0.1) is 0 Å². The number of piperidine rings is 1.